The van der Waals surface area contributed by atoms with Crippen LogP contribution in [0, 0.1) is 11.8 Å². The lowest BCUT2D eigenvalue weighted by molar-refractivity contribution is 0.408. The summed E-state index contributed by atoms with van der Waals surface area (Å²) in [5, 5.41) is 0. The Morgan fingerprint density at radius 3 is 2.06 bits per heavy atom. The summed E-state index contributed by atoms with van der Waals surface area (Å²) in [6.45, 7) is 13.0. The lowest BCUT2D eigenvalue weighted by Gasteiger charge is -2.23. The van der Waals surface area contributed by atoms with Crippen LogP contribution < -0.4 is 0 Å². The van der Waals surface area contributed by atoms with Crippen LogP contribution in [0.5, 0.6) is 0 Å². The minimum Gasteiger partial charge on any atom is -0.103 e. The molecular weight excluding hydrogens is 204 g/mol. The second-order valence-corrected chi connectivity index (χ2v) is 5.71. The zero-order valence-corrected chi connectivity index (χ0v) is 11.7. The van der Waals surface area contributed by atoms with Gasteiger partial charge < -0.3 is 0 Å². The molecule has 0 bridgehead atoms. The van der Waals surface area contributed by atoms with E-state index in [1.807, 2.05) is 6.08 Å². The summed E-state index contributed by atoms with van der Waals surface area (Å²) in [6, 6.07) is 9.08. The maximum atomic E-state index is 3.78. The maximum Gasteiger partial charge on any atom is -0.0100 e. The van der Waals surface area contributed by atoms with Gasteiger partial charge in [0.15, 0.2) is 0 Å². The minimum atomic E-state index is 0.688. The third-order valence-corrected chi connectivity index (χ3v) is 3.32. The molecular formula is C17H26. The first-order chi connectivity index (χ1) is 8.04. The minimum absolute atomic E-state index is 0.688. The highest BCUT2D eigenvalue weighted by Gasteiger charge is 2.16. The van der Waals surface area contributed by atoms with Crippen LogP contribution in [-0.2, 0) is 6.42 Å². The largest absolute Gasteiger partial charge is 0.103 e. The Bertz CT molecular complexity index is 330. The fourth-order valence-corrected chi connectivity index (χ4v) is 2.37. The number of hydrogen-bond donors (Lipinski definition) is 0. The number of benzene rings is 1. The normalized spacial score (nSPS) is 13.1. The van der Waals surface area contributed by atoms with Crippen LogP contribution in [0.3, 0.4) is 0 Å². The average molecular weight is 230 g/mol. The Labute approximate surface area is 107 Å². The maximum absolute atomic E-state index is 3.78. The first-order valence-electron chi connectivity index (χ1n) is 6.74. The van der Waals surface area contributed by atoms with Gasteiger partial charge in [-0.3, -0.25) is 0 Å². The summed E-state index contributed by atoms with van der Waals surface area (Å²) in [4.78, 5) is 0. The molecule has 1 rings (SSSR count). The molecule has 0 heterocycles. The Hall–Kier alpha value is -1.04. The molecule has 0 aromatic heterocycles. The van der Waals surface area contributed by atoms with Crippen LogP contribution >= 0.6 is 0 Å². The number of allylic oxidation sites excluding steroid dienone is 1. The monoisotopic (exact) mass is 230 g/mol. The van der Waals surface area contributed by atoms with Crippen LogP contribution in [0.4, 0.5) is 0 Å². The van der Waals surface area contributed by atoms with Crippen molar-refractivity contribution < 1.29 is 0 Å². The second kappa shape index (κ2) is 6.64. The van der Waals surface area contributed by atoms with E-state index < -0.39 is 0 Å². The topological polar surface area (TPSA) is 0 Å². The summed E-state index contributed by atoms with van der Waals surface area (Å²) in [7, 11) is 0. The summed E-state index contributed by atoms with van der Waals surface area (Å²) in [5.41, 5.74) is 2.84. The van der Waals surface area contributed by atoms with Crippen molar-refractivity contribution in [3.05, 3.63) is 48.0 Å². The van der Waals surface area contributed by atoms with Crippen molar-refractivity contribution in [1.82, 2.24) is 0 Å². The Morgan fingerprint density at radius 2 is 1.65 bits per heavy atom. The zero-order valence-electron chi connectivity index (χ0n) is 11.7. The van der Waals surface area contributed by atoms with Gasteiger partial charge in [-0.25, -0.2) is 0 Å². The highest BCUT2D eigenvalue weighted by atomic mass is 14.2. The van der Waals surface area contributed by atoms with Crippen LogP contribution in [0.2, 0.25) is 0 Å². The molecule has 1 atom stereocenters. The third-order valence-electron chi connectivity index (χ3n) is 3.32. The van der Waals surface area contributed by atoms with Gasteiger partial charge in [-0.2, -0.15) is 0 Å². The van der Waals surface area contributed by atoms with Crippen LogP contribution in [0.25, 0.3) is 0 Å². The molecule has 1 unspecified atom stereocenters. The fraction of sp³-hybridized carbons (Fsp3) is 0.529. The van der Waals surface area contributed by atoms with Gasteiger partial charge in [-0.1, -0.05) is 58.0 Å². The lowest BCUT2D eigenvalue weighted by atomic mass is 9.82. The Balaban J connectivity index is 2.83. The van der Waals surface area contributed by atoms with E-state index in [0.29, 0.717) is 11.8 Å². The van der Waals surface area contributed by atoms with Gasteiger partial charge >= 0.3 is 0 Å². The Morgan fingerprint density at radius 1 is 1.06 bits per heavy atom. The van der Waals surface area contributed by atoms with Crippen LogP contribution in [0.15, 0.2) is 36.9 Å². The first kappa shape index (κ1) is 14.0. The zero-order chi connectivity index (χ0) is 12.8. The van der Waals surface area contributed by atoms with Gasteiger partial charge in [0, 0.05) is 0 Å². The van der Waals surface area contributed by atoms with Crippen molar-refractivity contribution >= 4 is 0 Å². The first-order valence-corrected chi connectivity index (χ1v) is 6.74. The second-order valence-electron chi connectivity index (χ2n) is 5.71. The van der Waals surface area contributed by atoms with Gasteiger partial charge in [0.1, 0.15) is 0 Å². The molecule has 0 fully saturated rings. The molecule has 0 spiro atoms. The predicted molar refractivity (Wildman–Crippen MR) is 77.4 cm³/mol. The van der Waals surface area contributed by atoms with Crippen molar-refractivity contribution in [2.24, 2.45) is 11.8 Å². The highest BCUT2D eigenvalue weighted by molar-refractivity contribution is 5.27. The summed E-state index contributed by atoms with van der Waals surface area (Å²) in [5.74, 6) is 2.16. The van der Waals surface area contributed by atoms with Crippen LogP contribution in [0.1, 0.15) is 51.2 Å². The van der Waals surface area contributed by atoms with E-state index in [1.54, 1.807) is 0 Å². The third kappa shape index (κ3) is 4.38. The number of rotatable bonds is 6. The summed E-state index contributed by atoms with van der Waals surface area (Å²) >= 11 is 0. The van der Waals surface area contributed by atoms with E-state index in [-0.39, 0.29) is 0 Å². The van der Waals surface area contributed by atoms with Gasteiger partial charge in [-0.15, -0.1) is 6.58 Å². The summed E-state index contributed by atoms with van der Waals surface area (Å²) < 4.78 is 0. The molecule has 17 heavy (non-hydrogen) atoms. The van der Waals surface area contributed by atoms with Crippen molar-refractivity contribution in [3.8, 4) is 0 Å². The van der Waals surface area contributed by atoms with E-state index in [9.17, 15) is 0 Å². The van der Waals surface area contributed by atoms with Crippen molar-refractivity contribution in [2.75, 3.05) is 0 Å². The molecule has 0 heteroatoms. The highest BCUT2D eigenvalue weighted by Crippen LogP contribution is 2.31. The van der Waals surface area contributed by atoms with Gasteiger partial charge in [-0.05, 0) is 41.7 Å². The molecule has 0 saturated carbocycles. The lowest BCUT2D eigenvalue weighted by Crippen LogP contribution is -2.09. The van der Waals surface area contributed by atoms with Gasteiger partial charge in [0.25, 0.3) is 0 Å². The molecule has 0 aliphatic carbocycles. The number of hydrogen-bond acceptors (Lipinski definition) is 0. The van der Waals surface area contributed by atoms with E-state index in [0.717, 1.165) is 12.3 Å². The van der Waals surface area contributed by atoms with Crippen LogP contribution in [-0.4, -0.2) is 0 Å². The van der Waals surface area contributed by atoms with E-state index >= 15 is 0 Å². The van der Waals surface area contributed by atoms with Crippen molar-refractivity contribution in [3.63, 3.8) is 0 Å². The average Bonchev–Trinajstić information content (AvgIpc) is 2.27. The molecule has 0 saturated heterocycles. The van der Waals surface area contributed by atoms with Gasteiger partial charge in [0.2, 0.25) is 0 Å². The summed E-state index contributed by atoms with van der Waals surface area (Å²) in [6.07, 6.45) is 4.21. The van der Waals surface area contributed by atoms with Gasteiger partial charge in [0.05, 0.1) is 0 Å². The fourth-order valence-electron chi connectivity index (χ4n) is 2.37. The molecule has 94 valence electrons. The molecule has 0 radical (unpaired) electrons. The molecule has 0 aliphatic rings. The molecule has 1 aromatic rings. The smallest absolute Gasteiger partial charge is 0.0100 e. The van der Waals surface area contributed by atoms with Crippen molar-refractivity contribution in [1.29, 1.82) is 0 Å². The molecule has 0 N–H and O–H groups in total. The van der Waals surface area contributed by atoms with E-state index in [4.69, 9.17) is 0 Å². The molecule has 1 aromatic carbocycles. The molecule has 0 aliphatic heterocycles. The SMILES string of the molecule is C=CCc1ccc(C(CC(C)C)C(C)C)cc1. The van der Waals surface area contributed by atoms with E-state index in [2.05, 4.69) is 58.5 Å². The van der Waals surface area contributed by atoms with Crippen molar-refractivity contribution in [2.45, 2.75) is 46.5 Å². The standard InChI is InChI=1S/C17H26/c1-6-7-15-8-10-16(11-9-15)17(14(4)5)12-13(2)3/h6,8-11,13-14,17H,1,7,12H2,2-5H3. The Kier molecular flexibility index (Phi) is 5.47. The predicted octanol–water partition coefficient (Wildman–Crippen LogP) is 5.20. The molecule has 0 amide bonds. The van der Waals surface area contributed by atoms with E-state index in [1.165, 1.54) is 17.5 Å². The quantitative estimate of drug-likeness (QED) is 0.589. The molecule has 0 nitrogen and oxygen atoms in total.